The molecule has 4 rings (SSSR count). The molecule has 114 valence electrons. The van der Waals surface area contributed by atoms with Gasteiger partial charge in [0.15, 0.2) is 5.82 Å². The maximum absolute atomic E-state index is 12.6. The number of pyridine rings is 1. The summed E-state index contributed by atoms with van der Waals surface area (Å²) in [5.41, 5.74) is 0.514. The van der Waals surface area contributed by atoms with Gasteiger partial charge < -0.3 is 0 Å². The van der Waals surface area contributed by atoms with Crippen LogP contribution in [0.3, 0.4) is 0 Å². The first-order valence-corrected chi connectivity index (χ1v) is 8.39. The van der Waals surface area contributed by atoms with E-state index in [0.29, 0.717) is 17.3 Å². The fraction of sp³-hybridized carbons (Fsp3) is 0.308. The molecule has 0 spiro atoms. The third-order valence-electron chi connectivity index (χ3n) is 3.63. The van der Waals surface area contributed by atoms with Gasteiger partial charge in [0, 0.05) is 19.2 Å². The summed E-state index contributed by atoms with van der Waals surface area (Å²) in [7, 11) is -2.09. The van der Waals surface area contributed by atoms with Crippen LogP contribution in [0.15, 0.2) is 35.5 Å². The molecule has 0 aliphatic heterocycles. The van der Waals surface area contributed by atoms with Crippen LogP contribution in [-0.2, 0) is 17.1 Å². The maximum Gasteiger partial charge on any atom is 0.267 e. The molecule has 1 N–H and O–H groups in total. The van der Waals surface area contributed by atoms with Gasteiger partial charge in [-0.15, -0.1) is 0 Å². The normalized spacial score (nSPS) is 15.3. The van der Waals surface area contributed by atoms with Crippen LogP contribution < -0.4 is 4.72 Å². The largest absolute Gasteiger partial charge is 0.267 e. The molecule has 1 aliphatic rings. The first-order valence-electron chi connectivity index (χ1n) is 6.91. The number of aryl methyl sites for hydroxylation is 1. The van der Waals surface area contributed by atoms with Crippen LogP contribution in [0.4, 0.5) is 5.95 Å². The Kier molecular flexibility index (Phi) is 2.73. The Balaban J connectivity index is 1.72. The van der Waals surface area contributed by atoms with E-state index < -0.39 is 10.0 Å². The predicted molar refractivity (Wildman–Crippen MR) is 79.0 cm³/mol. The second kappa shape index (κ2) is 4.54. The Morgan fingerprint density at radius 3 is 2.91 bits per heavy atom. The smallest absolute Gasteiger partial charge is 0.247 e. The minimum absolute atomic E-state index is 0.115. The Morgan fingerprint density at radius 1 is 1.32 bits per heavy atom. The molecule has 0 aromatic carbocycles. The van der Waals surface area contributed by atoms with E-state index in [0.717, 1.165) is 12.8 Å². The number of fused-ring (bicyclic) bond motifs is 1. The lowest BCUT2D eigenvalue weighted by atomic mass is 10.4. The average Bonchev–Trinajstić information content (AvgIpc) is 3.14. The van der Waals surface area contributed by atoms with Gasteiger partial charge in [0.25, 0.3) is 10.0 Å². The highest BCUT2D eigenvalue weighted by Gasteiger charge is 2.30. The number of anilines is 1. The number of rotatable bonds is 4. The van der Waals surface area contributed by atoms with E-state index in [1.165, 1.54) is 15.4 Å². The number of sulfonamides is 1. The Labute approximate surface area is 126 Å². The molecule has 3 heterocycles. The third kappa shape index (κ3) is 2.13. The van der Waals surface area contributed by atoms with E-state index >= 15 is 0 Å². The summed E-state index contributed by atoms with van der Waals surface area (Å²) in [5, 5.41) is 8.31. The summed E-state index contributed by atoms with van der Waals surface area (Å²) in [4.78, 5) is 4.40. The summed E-state index contributed by atoms with van der Waals surface area (Å²) in [5.74, 6) is 1.28. The van der Waals surface area contributed by atoms with Crippen molar-refractivity contribution < 1.29 is 8.42 Å². The summed E-state index contributed by atoms with van der Waals surface area (Å²) >= 11 is 0. The van der Waals surface area contributed by atoms with Gasteiger partial charge in [-0.1, -0.05) is 6.07 Å². The monoisotopic (exact) mass is 318 g/mol. The lowest BCUT2D eigenvalue weighted by molar-refractivity contribution is 0.601. The van der Waals surface area contributed by atoms with Crippen molar-refractivity contribution in [1.82, 2.24) is 24.4 Å². The molecule has 0 unspecified atom stereocenters. The van der Waals surface area contributed by atoms with Crippen LogP contribution in [0.25, 0.3) is 5.52 Å². The first kappa shape index (κ1) is 13.3. The first-order chi connectivity index (χ1) is 10.5. The second-order valence-corrected chi connectivity index (χ2v) is 6.99. The lowest BCUT2D eigenvalue weighted by Crippen LogP contribution is -2.16. The van der Waals surface area contributed by atoms with Crippen molar-refractivity contribution in [1.29, 1.82) is 0 Å². The maximum atomic E-state index is 12.6. The van der Waals surface area contributed by atoms with E-state index in [9.17, 15) is 8.42 Å². The topological polar surface area (TPSA) is 94.2 Å². The molecular weight excluding hydrogens is 304 g/mol. The van der Waals surface area contributed by atoms with Crippen molar-refractivity contribution in [3.8, 4) is 0 Å². The van der Waals surface area contributed by atoms with Gasteiger partial charge in [-0.3, -0.25) is 0 Å². The fourth-order valence-corrected chi connectivity index (χ4v) is 3.45. The van der Waals surface area contributed by atoms with Crippen molar-refractivity contribution >= 4 is 21.5 Å². The zero-order valence-electron chi connectivity index (χ0n) is 11.8. The van der Waals surface area contributed by atoms with Crippen LogP contribution in [0.2, 0.25) is 0 Å². The third-order valence-corrected chi connectivity index (χ3v) is 4.97. The average molecular weight is 318 g/mol. The number of hydrogen-bond acceptors (Lipinski definition) is 5. The van der Waals surface area contributed by atoms with E-state index in [4.69, 9.17) is 0 Å². The van der Waals surface area contributed by atoms with Crippen LogP contribution in [0.1, 0.15) is 24.6 Å². The molecule has 0 atom stereocenters. The molecule has 1 fully saturated rings. The molecule has 0 saturated heterocycles. The highest BCUT2D eigenvalue weighted by atomic mass is 32.2. The van der Waals surface area contributed by atoms with Crippen LogP contribution >= 0.6 is 0 Å². The van der Waals surface area contributed by atoms with Crippen molar-refractivity contribution in [3.63, 3.8) is 0 Å². The summed E-state index contributed by atoms with van der Waals surface area (Å²) in [6.07, 6.45) is 5.15. The van der Waals surface area contributed by atoms with Gasteiger partial charge in [0.05, 0.1) is 11.7 Å². The zero-order valence-corrected chi connectivity index (χ0v) is 12.7. The Bertz CT molecular complexity index is 954. The number of hydrogen-bond donors (Lipinski definition) is 1. The number of nitrogens with one attached hydrogen (secondary N) is 1. The van der Waals surface area contributed by atoms with Gasteiger partial charge in [-0.2, -0.15) is 15.2 Å². The van der Waals surface area contributed by atoms with Gasteiger partial charge in [-0.05, 0) is 25.0 Å². The summed E-state index contributed by atoms with van der Waals surface area (Å²) in [6.45, 7) is 0. The molecule has 9 heteroatoms. The van der Waals surface area contributed by atoms with E-state index in [-0.39, 0.29) is 10.8 Å². The van der Waals surface area contributed by atoms with E-state index in [2.05, 4.69) is 19.9 Å². The SMILES string of the molecule is Cn1nc(C2CC2)nc1NS(=O)(=O)c1cnn2ccccc12. The molecule has 1 aliphatic carbocycles. The number of aromatic nitrogens is 5. The minimum Gasteiger partial charge on any atom is -0.247 e. The van der Waals surface area contributed by atoms with E-state index in [1.807, 2.05) is 0 Å². The highest BCUT2D eigenvalue weighted by molar-refractivity contribution is 7.93. The van der Waals surface area contributed by atoms with Crippen molar-refractivity contribution in [2.24, 2.45) is 7.05 Å². The lowest BCUT2D eigenvalue weighted by Gasteiger charge is -2.05. The van der Waals surface area contributed by atoms with Gasteiger partial charge >= 0.3 is 0 Å². The number of nitrogens with zero attached hydrogens (tertiary/aromatic N) is 5. The van der Waals surface area contributed by atoms with Gasteiger partial charge in [0.2, 0.25) is 5.95 Å². The van der Waals surface area contributed by atoms with Crippen molar-refractivity contribution in [2.45, 2.75) is 23.7 Å². The fourth-order valence-electron chi connectivity index (χ4n) is 2.30. The highest BCUT2D eigenvalue weighted by Crippen LogP contribution is 2.38. The predicted octanol–water partition coefficient (Wildman–Crippen LogP) is 1.14. The molecular formula is C13H14N6O2S. The zero-order chi connectivity index (χ0) is 15.3. The van der Waals surface area contributed by atoms with E-state index in [1.54, 1.807) is 31.4 Å². The minimum atomic E-state index is -3.77. The molecule has 3 aromatic rings. The second-order valence-electron chi connectivity index (χ2n) is 5.34. The van der Waals surface area contributed by atoms with Crippen molar-refractivity contribution in [2.75, 3.05) is 4.72 Å². The Hall–Kier alpha value is -2.42. The molecule has 22 heavy (non-hydrogen) atoms. The molecule has 0 amide bonds. The standard InChI is InChI=1S/C13H14N6O2S/c1-18-13(15-12(16-18)9-5-6-9)17-22(20,21)11-8-14-19-7-3-2-4-10(11)19/h2-4,7-9H,5-6H2,1H3,(H,15,16,17). The molecule has 0 radical (unpaired) electrons. The summed E-state index contributed by atoms with van der Waals surface area (Å²) < 4.78 is 30.6. The summed E-state index contributed by atoms with van der Waals surface area (Å²) in [6, 6.07) is 5.26. The van der Waals surface area contributed by atoms with Crippen molar-refractivity contribution in [3.05, 3.63) is 36.4 Å². The molecule has 8 nitrogen and oxygen atoms in total. The Morgan fingerprint density at radius 2 is 2.14 bits per heavy atom. The van der Waals surface area contributed by atoms with Gasteiger partial charge in [0.1, 0.15) is 4.90 Å². The molecule has 3 aromatic heterocycles. The van der Waals surface area contributed by atoms with Crippen LogP contribution in [-0.4, -0.2) is 32.8 Å². The van der Waals surface area contributed by atoms with Crippen LogP contribution in [0.5, 0.6) is 0 Å². The molecule has 0 bridgehead atoms. The molecule has 1 saturated carbocycles. The van der Waals surface area contributed by atoms with Gasteiger partial charge in [-0.25, -0.2) is 22.3 Å². The quantitative estimate of drug-likeness (QED) is 0.778. The van der Waals surface area contributed by atoms with Crippen LogP contribution in [0, 0.1) is 0 Å².